The highest BCUT2D eigenvalue weighted by molar-refractivity contribution is 7.47. The molecule has 0 rings (SSSR count). The molecule has 44 heavy (non-hydrogen) atoms. The predicted octanol–water partition coefficient (Wildman–Crippen LogP) is 9.10. The number of phosphoric ester groups is 1. The zero-order valence-corrected chi connectivity index (χ0v) is 29.0. The lowest BCUT2D eigenvalue weighted by atomic mass is 10.1. The fourth-order valence-corrected chi connectivity index (χ4v) is 5.52. The fraction of sp³-hybridized carbons (Fsp3) is 0.882. The standard InChI is InChI=1S/C34H66NO8P/c1-3-5-7-9-11-13-15-17-18-20-22-24-26-33(36)40-30-32(31-42-44(38,39)41-29-28-35)43-34(37)27-25-23-21-19-16-14-12-10-8-6-4-2/h7,9,32H,3-6,8,10-31,35H2,1-2H3,(H,38,39)/b9-7+/t32-/m1/s1. The number of ether oxygens (including phenoxy) is 2. The van der Waals surface area contributed by atoms with Gasteiger partial charge >= 0.3 is 19.8 Å². The van der Waals surface area contributed by atoms with Crippen molar-refractivity contribution >= 4 is 19.8 Å². The number of hydrogen-bond donors (Lipinski definition) is 2. The van der Waals surface area contributed by atoms with Crippen molar-refractivity contribution in [2.45, 2.75) is 168 Å². The van der Waals surface area contributed by atoms with Crippen molar-refractivity contribution in [2.24, 2.45) is 5.73 Å². The molecule has 0 aromatic carbocycles. The second kappa shape index (κ2) is 31.7. The first-order chi connectivity index (χ1) is 21.3. The molecule has 0 saturated carbocycles. The van der Waals surface area contributed by atoms with Crippen LogP contribution in [0.5, 0.6) is 0 Å². The summed E-state index contributed by atoms with van der Waals surface area (Å²) in [5.74, 6) is -0.833. The minimum Gasteiger partial charge on any atom is -0.462 e. The lowest BCUT2D eigenvalue weighted by Crippen LogP contribution is -2.29. The summed E-state index contributed by atoms with van der Waals surface area (Å²) in [5, 5.41) is 0. The molecule has 2 atom stereocenters. The summed E-state index contributed by atoms with van der Waals surface area (Å²) in [5.41, 5.74) is 5.32. The molecule has 0 aliphatic rings. The summed E-state index contributed by atoms with van der Waals surface area (Å²) in [6.07, 6.45) is 28.1. The third-order valence-electron chi connectivity index (χ3n) is 7.38. The van der Waals surface area contributed by atoms with Gasteiger partial charge < -0.3 is 20.1 Å². The Morgan fingerprint density at radius 3 is 1.70 bits per heavy atom. The van der Waals surface area contributed by atoms with E-state index in [9.17, 15) is 19.0 Å². The summed E-state index contributed by atoms with van der Waals surface area (Å²) in [7, 11) is -4.36. The molecule has 0 aromatic rings. The van der Waals surface area contributed by atoms with Gasteiger partial charge in [0.1, 0.15) is 6.61 Å². The van der Waals surface area contributed by atoms with E-state index in [1.54, 1.807) is 0 Å². The number of esters is 2. The molecule has 0 aromatic heterocycles. The SMILES string of the molecule is CCC/C=C/CCCCCCCCCC(=O)OC[C@H](COP(=O)(O)OCCN)OC(=O)CCCCCCCCCCCCC. The minimum absolute atomic E-state index is 0.0552. The second-order valence-electron chi connectivity index (χ2n) is 11.7. The maximum atomic E-state index is 12.5. The molecule has 0 fully saturated rings. The van der Waals surface area contributed by atoms with E-state index in [0.717, 1.165) is 51.4 Å². The van der Waals surface area contributed by atoms with Crippen LogP contribution in [-0.2, 0) is 32.7 Å². The quantitative estimate of drug-likeness (QED) is 0.0309. The highest BCUT2D eigenvalue weighted by Gasteiger charge is 2.25. The van der Waals surface area contributed by atoms with Crippen LogP contribution >= 0.6 is 7.82 Å². The molecule has 0 aliphatic heterocycles. The maximum absolute atomic E-state index is 12.5. The van der Waals surface area contributed by atoms with Crippen molar-refractivity contribution < 1.29 is 37.6 Å². The van der Waals surface area contributed by atoms with Crippen LogP contribution in [-0.4, -0.2) is 49.3 Å². The van der Waals surface area contributed by atoms with Gasteiger partial charge in [0.15, 0.2) is 6.10 Å². The summed E-state index contributed by atoms with van der Waals surface area (Å²) in [6.45, 7) is 3.65. The van der Waals surface area contributed by atoms with Gasteiger partial charge in [-0.25, -0.2) is 4.57 Å². The molecule has 0 heterocycles. The largest absolute Gasteiger partial charge is 0.472 e. The highest BCUT2D eigenvalue weighted by Crippen LogP contribution is 2.43. The van der Waals surface area contributed by atoms with Gasteiger partial charge in [0.2, 0.25) is 0 Å². The molecule has 0 saturated heterocycles. The average molecular weight is 648 g/mol. The third-order valence-corrected chi connectivity index (χ3v) is 8.37. The van der Waals surface area contributed by atoms with E-state index in [1.807, 2.05) is 0 Å². The van der Waals surface area contributed by atoms with E-state index in [4.69, 9.17) is 24.3 Å². The van der Waals surface area contributed by atoms with Gasteiger partial charge in [0.25, 0.3) is 0 Å². The Morgan fingerprint density at radius 1 is 0.659 bits per heavy atom. The van der Waals surface area contributed by atoms with Crippen molar-refractivity contribution in [1.29, 1.82) is 0 Å². The Kier molecular flexibility index (Phi) is 30.8. The first kappa shape index (κ1) is 42.8. The first-order valence-corrected chi connectivity index (χ1v) is 19.2. The van der Waals surface area contributed by atoms with E-state index in [1.165, 1.54) is 77.0 Å². The van der Waals surface area contributed by atoms with Crippen LogP contribution in [0.15, 0.2) is 12.2 Å². The number of allylic oxidation sites excluding steroid dienone is 2. The van der Waals surface area contributed by atoms with Gasteiger partial charge in [-0.05, 0) is 32.1 Å². The molecule has 0 aliphatic carbocycles. The van der Waals surface area contributed by atoms with Gasteiger partial charge in [0, 0.05) is 19.4 Å². The molecule has 0 bridgehead atoms. The number of unbranched alkanes of at least 4 members (excludes halogenated alkanes) is 18. The number of carbonyl (C=O) groups is 2. The summed E-state index contributed by atoms with van der Waals surface area (Å²) in [4.78, 5) is 34.5. The van der Waals surface area contributed by atoms with Crippen LogP contribution in [0, 0.1) is 0 Å². The Bertz CT molecular complexity index is 749. The fourth-order valence-electron chi connectivity index (χ4n) is 4.75. The van der Waals surface area contributed by atoms with Crippen LogP contribution in [0.3, 0.4) is 0 Å². The van der Waals surface area contributed by atoms with Crippen LogP contribution in [0.4, 0.5) is 0 Å². The average Bonchev–Trinajstić information content (AvgIpc) is 3.00. The topological polar surface area (TPSA) is 134 Å². The lowest BCUT2D eigenvalue weighted by molar-refractivity contribution is -0.161. The van der Waals surface area contributed by atoms with E-state index < -0.39 is 26.5 Å². The highest BCUT2D eigenvalue weighted by atomic mass is 31.2. The number of phosphoric acid groups is 1. The maximum Gasteiger partial charge on any atom is 0.472 e. The molecule has 1 unspecified atom stereocenters. The molecule has 0 amide bonds. The predicted molar refractivity (Wildman–Crippen MR) is 178 cm³/mol. The van der Waals surface area contributed by atoms with Crippen molar-refractivity contribution in [3.05, 3.63) is 12.2 Å². The van der Waals surface area contributed by atoms with Crippen molar-refractivity contribution in [2.75, 3.05) is 26.4 Å². The van der Waals surface area contributed by atoms with Crippen LogP contribution < -0.4 is 5.73 Å². The smallest absolute Gasteiger partial charge is 0.462 e. The molecular formula is C34H66NO8P. The zero-order chi connectivity index (χ0) is 32.6. The Labute approximate surface area is 269 Å². The molecule has 9 nitrogen and oxygen atoms in total. The van der Waals surface area contributed by atoms with E-state index in [0.29, 0.717) is 6.42 Å². The number of carbonyl (C=O) groups excluding carboxylic acids is 2. The second-order valence-corrected chi connectivity index (χ2v) is 13.2. The van der Waals surface area contributed by atoms with Crippen LogP contribution in [0.2, 0.25) is 0 Å². The van der Waals surface area contributed by atoms with Crippen LogP contribution in [0.1, 0.15) is 162 Å². The Hall–Kier alpha value is -1.25. The van der Waals surface area contributed by atoms with E-state index in [2.05, 4.69) is 26.0 Å². The van der Waals surface area contributed by atoms with Gasteiger partial charge in [-0.2, -0.15) is 0 Å². The molecule has 0 radical (unpaired) electrons. The van der Waals surface area contributed by atoms with E-state index >= 15 is 0 Å². The van der Waals surface area contributed by atoms with Crippen LogP contribution in [0.25, 0.3) is 0 Å². The van der Waals surface area contributed by atoms with Crippen molar-refractivity contribution in [1.82, 2.24) is 0 Å². The molecule has 0 spiro atoms. The number of nitrogens with two attached hydrogens (primary N) is 1. The van der Waals surface area contributed by atoms with Crippen molar-refractivity contribution in [3.63, 3.8) is 0 Å². The minimum atomic E-state index is -4.36. The van der Waals surface area contributed by atoms with Gasteiger partial charge in [0.05, 0.1) is 13.2 Å². The van der Waals surface area contributed by atoms with Gasteiger partial charge in [-0.15, -0.1) is 0 Å². The summed E-state index contributed by atoms with van der Waals surface area (Å²) < 4.78 is 32.5. The summed E-state index contributed by atoms with van der Waals surface area (Å²) >= 11 is 0. The summed E-state index contributed by atoms with van der Waals surface area (Å²) in [6, 6.07) is 0. The lowest BCUT2D eigenvalue weighted by Gasteiger charge is -2.19. The number of rotatable bonds is 33. The molecule has 3 N–H and O–H groups in total. The molecule has 260 valence electrons. The normalized spacial score (nSPS) is 13.6. The first-order valence-electron chi connectivity index (χ1n) is 17.7. The monoisotopic (exact) mass is 647 g/mol. The van der Waals surface area contributed by atoms with Gasteiger partial charge in [-0.3, -0.25) is 18.6 Å². The third kappa shape index (κ3) is 30.8. The van der Waals surface area contributed by atoms with Gasteiger partial charge in [-0.1, -0.05) is 129 Å². The zero-order valence-electron chi connectivity index (χ0n) is 28.2. The Balaban J connectivity index is 4.26. The van der Waals surface area contributed by atoms with Crippen molar-refractivity contribution in [3.8, 4) is 0 Å². The number of hydrogen-bond acceptors (Lipinski definition) is 8. The molecule has 10 heteroatoms. The Morgan fingerprint density at radius 2 is 1.16 bits per heavy atom. The molecular weight excluding hydrogens is 581 g/mol. The van der Waals surface area contributed by atoms with E-state index in [-0.39, 0.29) is 38.6 Å².